The molecule has 3 aromatic heterocycles. The molecule has 0 bridgehead atoms. The lowest BCUT2D eigenvalue weighted by Crippen LogP contribution is -2.36. The van der Waals surface area contributed by atoms with E-state index in [2.05, 4.69) is 25.1 Å². The van der Waals surface area contributed by atoms with E-state index in [1.165, 1.54) is 18.3 Å². The van der Waals surface area contributed by atoms with Gasteiger partial charge in [-0.2, -0.15) is 5.10 Å². The molecule has 1 saturated heterocycles. The number of aromatic amines is 1. The lowest BCUT2D eigenvalue weighted by atomic mass is 10.0. The zero-order valence-electron chi connectivity index (χ0n) is 18.2. The van der Waals surface area contributed by atoms with Gasteiger partial charge >= 0.3 is 0 Å². The van der Waals surface area contributed by atoms with Gasteiger partial charge in [-0.25, -0.2) is 18.7 Å². The van der Waals surface area contributed by atoms with Gasteiger partial charge in [-0.05, 0) is 43.0 Å². The molecule has 2 N–H and O–H groups in total. The minimum absolute atomic E-state index is 0.150. The molecule has 1 aliphatic rings. The van der Waals surface area contributed by atoms with E-state index in [0.29, 0.717) is 66.0 Å². The number of hydrogen-bond acceptors (Lipinski definition) is 6. The first kappa shape index (κ1) is 21.4. The molecule has 1 fully saturated rings. The van der Waals surface area contributed by atoms with Crippen molar-refractivity contribution in [2.45, 2.75) is 38.7 Å². The predicted octanol–water partition coefficient (Wildman–Crippen LogP) is 4.27. The number of piperidine rings is 1. The molecule has 0 saturated carbocycles. The first-order valence-electron chi connectivity index (χ1n) is 11.1. The Morgan fingerprint density at radius 1 is 1.03 bits per heavy atom. The summed E-state index contributed by atoms with van der Waals surface area (Å²) in [5, 5.41) is 17.6. The summed E-state index contributed by atoms with van der Waals surface area (Å²) in [5.41, 5.74) is 2.58. The van der Waals surface area contributed by atoms with Crippen LogP contribution in [0.15, 0.2) is 36.8 Å². The molecule has 0 spiro atoms. The zero-order chi connectivity index (χ0) is 22.9. The van der Waals surface area contributed by atoms with Crippen molar-refractivity contribution in [1.29, 1.82) is 0 Å². The van der Waals surface area contributed by atoms with Gasteiger partial charge in [0.15, 0.2) is 0 Å². The smallest absolute Gasteiger partial charge is 0.225 e. The molecule has 9 heteroatoms. The van der Waals surface area contributed by atoms with E-state index in [4.69, 9.17) is 0 Å². The van der Waals surface area contributed by atoms with E-state index in [1.54, 1.807) is 18.5 Å². The van der Waals surface area contributed by atoms with Crippen LogP contribution < -0.4 is 4.90 Å². The van der Waals surface area contributed by atoms with Gasteiger partial charge in [0.1, 0.15) is 17.3 Å². The standard InChI is InChI=1S/C24H24F2N6O/c1-2-3-14-8-18(25)22(19(26)9-14)20-10-17-21(13-27-20)30-31-23(17)15-11-28-24(29-12-15)32-6-4-16(33)5-7-32/h8-13,16,33H,2-7H2,1H3,(H,30,31). The molecule has 33 heavy (non-hydrogen) atoms. The summed E-state index contributed by atoms with van der Waals surface area (Å²) in [6, 6.07) is 4.38. The van der Waals surface area contributed by atoms with Gasteiger partial charge in [0, 0.05) is 36.4 Å². The minimum Gasteiger partial charge on any atom is -0.393 e. The normalized spacial score (nSPS) is 14.8. The van der Waals surface area contributed by atoms with Gasteiger partial charge in [-0.1, -0.05) is 13.3 Å². The summed E-state index contributed by atoms with van der Waals surface area (Å²) in [6.07, 6.45) is 7.43. The number of benzene rings is 1. The molecular formula is C24H24F2N6O. The highest BCUT2D eigenvalue weighted by atomic mass is 19.1. The fraction of sp³-hybridized carbons (Fsp3) is 0.333. The number of pyridine rings is 1. The number of halogens is 2. The van der Waals surface area contributed by atoms with Crippen LogP contribution in [-0.2, 0) is 6.42 Å². The summed E-state index contributed by atoms with van der Waals surface area (Å²) < 4.78 is 29.5. The van der Waals surface area contributed by atoms with Crippen LogP contribution in [0.25, 0.3) is 33.4 Å². The monoisotopic (exact) mass is 450 g/mol. The number of anilines is 1. The van der Waals surface area contributed by atoms with Crippen molar-refractivity contribution in [1.82, 2.24) is 25.1 Å². The van der Waals surface area contributed by atoms with Crippen LogP contribution in [0.3, 0.4) is 0 Å². The van der Waals surface area contributed by atoms with Gasteiger partial charge in [0.25, 0.3) is 0 Å². The summed E-state index contributed by atoms with van der Waals surface area (Å²) in [7, 11) is 0. The number of nitrogens with zero attached hydrogens (tertiary/aromatic N) is 5. The molecular weight excluding hydrogens is 426 g/mol. The van der Waals surface area contributed by atoms with Crippen molar-refractivity contribution in [3.8, 4) is 22.5 Å². The Kier molecular flexibility index (Phi) is 5.72. The summed E-state index contributed by atoms with van der Waals surface area (Å²) in [4.78, 5) is 15.2. The highest BCUT2D eigenvalue weighted by Gasteiger charge is 2.20. The molecule has 0 amide bonds. The average Bonchev–Trinajstić information content (AvgIpc) is 3.23. The second-order valence-electron chi connectivity index (χ2n) is 8.36. The van der Waals surface area contributed by atoms with Crippen LogP contribution in [0.5, 0.6) is 0 Å². The van der Waals surface area contributed by atoms with Gasteiger partial charge < -0.3 is 10.0 Å². The Labute approximate surface area is 189 Å². The number of rotatable bonds is 5. The number of aliphatic hydroxyl groups is 1. The van der Waals surface area contributed by atoms with Gasteiger partial charge in [-0.3, -0.25) is 10.1 Å². The maximum Gasteiger partial charge on any atom is 0.225 e. The molecule has 0 radical (unpaired) electrons. The molecule has 4 heterocycles. The van der Waals surface area contributed by atoms with Crippen LogP contribution >= 0.6 is 0 Å². The topological polar surface area (TPSA) is 90.8 Å². The largest absolute Gasteiger partial charge is 0.393 e. The van der Waals surface area contributed by atoms with Gasteiger partial charge in [0.2, 0.25) is 5.95 Å². The third kappa shape index (κ3) is 4.16. The Bertz CT molecular complexity index is 1260. The molecule has 7 nitrogen and oxygen atoms in total. The molecule has 0 atom stereocenters. The molecule has 4 aromatic rings. The third-order valence-corrected chi connectivity index (χ3v) is 6.00. The quantitative estimate of drug-likeness (QED) is 0.472. The highest BCUT2D eigenvalue weighted by Crippen LogP contribution is 2.32. The predicted molar refractivity (Wildman–Crippen MR) is 122 cm³/mol. The molecule has 0 aliphatic carbocycles. The van der Waals surface area contributed by atoms with Crippen LogP contribution in [0.2, 0.25) is 0 Å². The van der Waals surface area contributed by atoms with E-state index < -0.39 is 11.6 Å². The third-order valence-electron chi connectivity index (χ3n) is 6.00. The first-order chi connectivity index (χ1) is 16.0. The number of H-pyrrole nitrogens is 1. The fourth-order valence-corrected chi connectivity index (χ4v) is 4.25. The van der Waals surface area contributed by atoms with E-state index in [1.807, 2.05) is 11.8 Å². The Morgan fingerprint density at radius 3 is 2.39 bits per heavy atom. The first-order valence-corrected chi connectivity index (χ1v) is 11.1. The molecule has 1 aliphatic heterocycles. The van der Waals surface area contributed by atoms with Crippen molar-refractivity contribution >= 4 is 16.9 Å². The minimum atomic E-state index is -0.630. The van der Waals surface area contributed by atoms with E-state index in [9.17, 15) is 13.9 Å². The molecule has 5 rings (SSSR count). The van der Waals surface area contributed by atoms with E-state index in [0.717, 1.165) is 6.42 Å². The number of aromatic nitrogens is 5. The van der Waals surface area contributed by atoms with E-state index in [-0.39, 0.29) is 17.4 Å². The number of hydrogen-bond donors (Lipinski definition) is 2. The lowest BCUT2D eigenvalue weighted by Gasteiger charge is -2.29. The van der Waals surface area contributed by atoms with Crippen molar-refractivity contribution in [3.05, 3.63) is 54.0 Å². The number of fused-ring (bicyclic) bond motifs is 1. The van der Waals surface area contributed by atoms with Crippen molar-refractivity contribution in [2.75, 3.05) is 18.0 Å². The second kappa shape index (κ2) is 8.82. The maximum absolute atomic E-state index is 14.8. The summed E-state index contributed by atoms with van der Waals surface area (Å²) in [5.74, 6) is -0.659. The molecule has 0 unspecified atom stereocenters. The number of aliphatic hydroxyl groups excluding tert-OH is 1. The second-order valence-corrected chi connectivity index (χ2v) is 8.36. The van der Waals surface area contributed by atoms with Gasteiger partial charge in [-0.15, -0.1) is 0 Å². The Balaban J connectivity index is 1.48. The Hall–Kier alpha value is -3.46. The van der Waals surface area contributed by atoms with Crippen LogP contribution in [0, 0.1) is 11.6 Å². The summed E-state index contributed by atoms with van der Waals surface area (Å²) >= 11 is 0. The fourth-order valence-electron chi connectivity index (χ4n) is 4.25. The highest BCUT2D eigenvalue weighted by molar-refractivity contribution is 5.94. The van der Waals surface area contributed by atoms with Crippen molar-refractivity contribution in [3.63, 3.8) is 0 Å². The Morgan fingerprint density at radius 2 is 1.73 bits per heavy atom. The number of aryl methyl sites for hydroxylation is 1. The zero-order valence-corrected chi connectivity index (χ0v) is 18.2. The maximum atomic E-state index is 14.8. The molecule has 1 aromatic carbocycles. The summed E-state index contributed by atoms with van der Waals surface area (Å²) in [6.45, 7) is 3.37. The van der Waals surface area contributed by atoms with Gasteiger partial charge in [0.05, 0.1) is 29.1 Å². The van der Waals surface area contributed by atoms with Crippen LogP contribution in [-0.4, -0.2) is 49.4 Å². The lowest BCUT2D eigenvalue weighted by molar-refractivity contribution is 0.145. The van der Waals surface area contributed by atoms with Crippen molar-refractivity contribution in [2.24, 2.45) is 0 Å². The van der Waals surface area contributed by atoms with Crippen molar-refractivity contribution < 1.29 is 13.9 Å². The SMILES string of the molecule is CCCc1cc(F)c(-c2cc3c(-c4cnc(N5CCC(O)CC5)nc4)n[nH]c3cn2)c(F)c1. The van der Waals surface area contributed by atoms with Crippen LogP contribution in [0.1, 0.15) is 31.7 Å². The number of nitrogens with one attached hydrogen (secondary N) is 1. The molecule has 170 valence electrons. The average molecular weight is 450 g/mol. The van der Waals surface area contributed by atoms with E-state index >= 15 is 0 Å². The van der Waals surface area contributed by atoms with Crippen LogP contribution in [0.4, 0.5) is 14.7 Å².